The number of nitrogens with zero attached hydrogens (tertiary/aromatic N) is 3. The molecule has 3 aromatic rings. The molecule has 1 aliphatic rings. The number of piperazine rings is 1. The van der Waals surface area contributed by atoms with Crippen molar-refractivity contribution in [3.8, 4) is 5.75 Å². The lowest BCUT2D eigenvalue weighted by Gasteiger charge is -2.37. The first-order valence-corrected chi connectivity index (χ1v) is 13.0. The van der Waals surface area contributed by atoms with Gasteiger partial charge in [-0.2, -0.15) is 0 Å². The summed E-state index contributed by atoms with van der Waals surface area (Å²) in [5, 5.41) is 0. The van der Waals surface area contributed by atoms with Crippen LogP contribution < -0.4 is 14.5 Å². The number of ether oxygens (including phenoxy) is 2. The van der Waals surface area contributed by atoms with Crippen molar-refractivity contribution < 1.29 is 14.3 Å². The van der Waals surface area contributed by atoms with Crippen LogP contribution in [0.4, 0.5) is 16.2 Å². The van der Waals surface area contributed by atoms with E-state index < -0.39 is 5.60 Å². The molecule has 0 bridgehead atoms. The minimum Gasteiger partial charge on any atom is -0.494 e. The molecule has 0 atom stereocenters. The van der Waals surface area contributed by atoms with Crippen LogP contribution in [0.1, 0.15) is 37.5 Å². The van der Waals surface area contributed by atoms with Crippen LogP contribution in [0.3, 0.4) is 0 Å². The van der Waals surface area contributed by atoms with E-state index in [1.807, 2.05) is 32.9 Å². The lowest BCUT2D eigenvalue weighted by molar-refractivity contribution is 0.0240. The van der Waals surface area contributed by atoms with Gasteiger partial charge in [-0.3, -0.25) is 0 Å². The van der Waals surface area contributed by atoms with Gasteiger partial charge in [0.25, 0.3) is 0 Å². The smallest absolute Gasteiger partial charge is 0.410 e. The van der Waals surface area contributed by atoms with Crippen LogP contribution in [0.5, 0.6) is 5.75 Å². The summed E-state index contributed by atoms with van der Waals surface area (Å²) in [6.07, 6.45) is -0.242. The lowest BCUT2D eigenvalue weighted by atomic mass is 10.1. The van der Waals surface area contributed by atoms with Crippen molar-refractivity contribution in [3.63, 3.8) is 0 Å². The number of anilines is 2. The summed E-state index contributed by atoms with van der Waals surface area (Å²) in [6.45, 7) is 12.2. The molecule has 1 aliphatic heterocycles. The summed E-state index contributed by atoms with van der Waals surface area (Å²) < 4.78 is 11.5. The second kappa shape index (κ2) is 11.6. The van der Waals surface area contributed by atoms with Crippen molar-refractivity contribution in [2.24, 2.45) is 0 Å². The number of amides is 1. The first kappa shape index (κ1) is 26.4. The van der Waals surface area contributed by atoms with Crippen LogP contribution in [-0.4, -0.2) is 49.9 Å². The van der Waals surface area contributed by atoms with Gasteiger partial charge in [-0.25, -0.2) is 4.79 Å². The molecule has 37 heavy (non-hydrogen) atoms. The molecule has 1 heterocycles. The maximum atomic E-state index is 12.5. The average molecular weight is 502 g/mol. The van der Waals surface area contributed by atoms with Crippen molar-refractivity contribution in [1.29, 1.82) is 0 Å². The third-order valence-corrected chi connectivity index (χ3v) is 6.52. The first-order chi connectivity index (χ1) is 17.7. The molecule has 0 spiro atoms. The predicted molar refractivity (Wildman–Crippen MR) is 151 cm³/mol. The van der Waals surface area contributed by atoms with E-state index >= 15 is 0 Å². The molecule has 0 aromatic heterocycles. The standard InChI is InChI=1S/C31H39N3O3/c1-24-20-27(32-16-18-33(19-17-32)30(35)37-31(2,3)4)21-28(36-5)29(24)34(22-25-12-8-6-9-13-25)23-26-14-10-7-11-15-26/h6-15,20-21H,16-19,22-23H2,1-5H3. The monoisotopic (exact) mass is 501 g/mol. The second-order valence-electron chi connectivity index (χ2n) is 10.6. The molecule has 0 saturated carbocycles. The van der Waals surface area contributed by atoms with Gasteiger partial charge in [0.05, 0.1) is 12.8 Å². The quantitative estimate of drug-likeness (QED) is 0.382. The highest BCUT2D eigenvalue weighted by atomic mass is 16.6. The van der Waals surface area contributed by atoms with E-state index in [0.29, 0.717) is 13.1 Å². The summed E-state index contributed by atoms with van der Waals surface area (Å²) in [4.78, 5) is 19.0. The Kier molecular flexibility index (Phi) is 8.27. The molecule has 0 radical (unpaired) electrons. The maximum absolute atomic E-state index is 12.5. The Balaban J connectivity index is 1.56. The van der Waals surface area contributed by atoms with Crippen molar-refractivity contribution >= 4 is 17.5 Å². The summed E-state index contributed by atoms with van der Waals surface area (Å²) in [5.74, 6) is 0.858. The van der Waals surface area contributed by atoms with Gasteiger partial charge in [-0.05, 0) is 50.5 Å². The van der Waals surface area contributed by atoms with Gasteiger partial charge in [0, 0.05) is 51.0 Å². The summed E-state index contributed by atoms with van der Waals surface area (Å²) in [7, 11) is 1.74. The minimum atomic E-state index is -0.486. The van der Waals surface area contributed by atoms with Gasteiger partial charge in [-0.15, -0.1) is 0 Å². The number of benzene rings is 3. The molecule has 0 N–H and O–H groups in total. The zero-order valence-electron chi connectivity index (χ0n) is 22.7. The Labute approximate surface area is 221 Å². The van der Waals surface area contributed by atoms with Gasteiger partial charge in [-0.1, -0.05) is 60.7 Å². The molecule has 196 valence electrons. The normalized spacial score (nSPS) is 13.9. The number of carbonyl (C=O) groups excluding carboxylic acids is 1. The number of rotatable bonds is 7. The number of methoxy groups -OCH3 is 1. The molecule has 6 heteroatoms. The molecular formula is C31H39N3O3. The van der Waals surface area contributed by atoms with E-state index in [9.17, 15) is 4.79 Å². The summed E-state index contributed by atoms with van der Waals surface area (Å²) >= 11 is 0. The number of hydrogen-bond donors (Lipinski definition) is 0. The summed E-state index contributed by atoms with van der Waals surface area (Å²) in [5.41, 5.74) is 5.40. The van der Waals surface area contributed by atoms with E-state index in [-0.39, 0.29) is 6.09 Å². The fourth-order valence-corrected chi connectivity index (χ4v) is 4.77. The maximum Gasteiger partial charge on any atom is 0.410 e. The van der Waals surface area contributed by atoms with Crippen molar-refractivity contribution in [2.75, 3.05) is 43.1 Å². The third kappa shape index (κ3) is 6.97. The predicted octanol–water partition coefficient (Wildman–Crippen LogP) is 6.27. The van der Waals surface area contributed by atoms with Gasteiger partial charge in [0.1, 0.15) is 11.4 Å². The largest absolute Gasteiger partial charge is 0.494 e. The molecule has 0 aliphatic carbocycles. The van der Waals surface area contributed by atoms with E-state index in [1.54, 1.807) is 12.0 Å². The molecule has 6 nitrogen and oxygen atoms in total. The highest BCUT2D eigenvalue weighted by molar-refractivity contribution is 5.72. The van der Waals surface area contributed by atoms with E-state index in [2.05, 4.69) is 77.4 Å². The van der Waals surface area contributed by atoms with Crippen LogP contribution in [0, 0.1) is 6.92 Å². The van der Waals surface area contributed by atoms with Crippen LogP contribution >= 0.6 is 0 Å². The molecule has 3 aromatic carbocycles. The average Bonchev–Trinajstić information content (AvgIpc) is 2.88. The SMILES string of the molecule is COc1cc(N2CCN(C(=O)OC(C)(C)C)CC2)cc(C)c1N(Cc1ccccc1)Cc1ccccc1. The van der Waals surface area contributed by atoms with Crippen LogP contribution in [0.25, 0.3) is 0 Å². The van der Waals surface area contributed by atoms with Crippen LogP contribution in [-0.2, 0) is 17.8 Å². The van der Waals surface area contributed by atoms with E-state index in [0.717, 1.165) is 48.9 Å². The van der Waals surface area contributed by atoms with E-state index in [4.69, 9.17) is 9.47 Å². The number of carbonyl (C=O) groups is 1. The zero-order valence-corrected chi connectivity index (χ0v) is 22.7. The van der Waals surface area contributed by atoms with Gasteiger partial charge < -0.3 is 24.2 Å². The summed E-state index contributed by atoms with van der Waals surface area (Å²) in [6, 6.07) is 25.5. The third-order valence-electron chi connectivity index (χ3n) is 6.52. The van der Waals surface area contributed by atoms with Gasteiger partial charge in [0.2, 0.25) is 0 Å². The number of aryl methyl sites for hydroxylation is 1. The fraction of sp³-hybridized carbons (Fsp3) is 0.387. The van der Waals surface area contributed by atoms with Crippen molar-refractivity contribution in [2.45, 2.75) is 46.4 Å². The Hall–Kier alpha value is -3.67. The first-order valence-electron chi connectivity index (χ1n) is 13.0. The molecule has 1 fully saturated rings. The molecule has 1 amide bonds. The molecular weight excluding hydrogens is 462 g/mol. The minimum absolute atomic E-state index is 0.242. The van der Waals surface area contributed by atoms with Crippen molar-refractivity contribution in [1.82, 2.24) is 4.90 Å². The molecule has 0 unspecified atom stereocenters. The van der Waals surface area contributed by atoms with Gasteiger partial charge in [0.15, 0.2) is 0 Å². The van der Waals surface area contributed by atoms with E-state index in [1.165, 1.54) is 11.1 Å². The fourth-order valence-electron chi connectivity index (χ4n) is 4.77. The van der Waals surface area contributed by atoms with Crippen molar-refractivity contribution in [3.05, 3.63) is 89.5 Å². The Morgan fingerprint density at radius 1 is 0.865 bits per heavy atom. The zero-order chi connectivity index (χ0) is 26.4. The number of hydrogen-bond acceptors (Lipinski definition) is 5. The van der Waals surface area contributed by atoms with Crippen LogP contribution in [0.2, 0.25) is 0 Å². The highest BCUT2D eigenvalue weighted by Crippen LogP contribution is 2.38. The topological polar surface area (TPSA) is 45.3 Å². The van der Waals surface area contributed by atoms with Crippen LogP contribution in [0.15, 0.2) is 72.8 Å². The Bertz CT molecular complexity index is 1130. The Morgan fingerprint density at radius 2 is 1.41 bits per heavy atom. The molecule has 1 saturated heterocycles. The lowest BCUT2D eigenvalue weighted by Crippen LogP contribution is -2.50. The molecule has 4 rings (SSSR count). The Morgan fingerprint density at radius 3 is 1.89 bits per heavy atom. The second-order valence-corrected chi connectivity index (χ2v) is 10.6. The highest BCUT2D eigenvalue weighted by Gasteiger charge is 2.27. The van der Waals surface area contributed by atoms with Gasteiger partial charge >= 0.3 is 6.09 Å².